The topological polar surface area (TPSA) is 90.2 Å². The predicted molar refractivity (Wildman–Crippen MR) is 135 cm³/mol. The summed E-state index contributed by atoms with van der Waals surface area (Å²) < 4.78 is 5.23. The van der Waals surface area contributed by atoms with Gasteiger partial charge < -0.3 is 24.9 Å². The Morgan fingerprint density at radius 1 is 1.03 bits per heavy atom. The summed E-state index contributed by atoms with van der Waals surface area (Å²) in [6.07, 6.45) is 2.42. The van der Waals surface area contributed by atoms with Crippen LogP contribution in [0.5, 0.6) is 0 Å². The number of nitrogens with one attached hydrogen (secondary N) is 2. The average Bonchev–Trinajstić information content (AvgIpc) is 3.35. The number of nitrogens with zero attached hydrogens (tertiary/aromatic N) is 3. The summed E-state index contributed by atoms with van der Waals surface area (Å²) in [5, 5.41) is 6.24. The Balaban J connectivity index is 0.00000363. The number of furan rings is 1. The van der Waals surface area contributed by atoms with Gasteiger partial charge in [-0.1, -0.05) is 19.1 Å². The number of carbonyl (C=O) groups excluding carboxylic acids is 2. The van der Waals surface area contributed by atoms with Gasteiger partial charge in [-0.05, 0) is 43.2 Å². The summed E-state index contributed by atoms with van der Waals surface area (Å²) in [6, 6.07) is 11.0. The van der Waals surface area contributed by atoms with Gasteiger partial charge in [-0.25, -0.2) is 4.99 Å². The first-order valence-corrected chi connectivity index (χ1v) is 10.9. The number of halogens is 1. The first-order chi connectivity index (χ1) is 15.1. The molecule has 174 valence electrons. The fourth-order valence-corrected chi connectivity index (χ4v) is 3.42. The van der Waals surface area contributed by atoms with Crippen molar-refractivity contribution in [3.05, 3.63) is 59.5 Å². The van der Waals surface area contributed by atoms with Gasteiger partial charge in [0.25, 0.3) is 11.8 Å². The van der Waals surface area contributed by atoms with Crippen molar-refractivity contribution >= 4 is 41.8 Å². The van der Waals surface area contributed by atoms with E-state index in [1.807, 2.05) is 38.1 Å². The molecule has 1 aromatic heterocycles. The molecule has 2 amide bonds. The molecule has 2 heterocycles. The van der Waals surface area contributed by atoms with Crippen molar-refractivity contribution in [3.8, 4) is 0 Å². The van der Waals surface area contributed by atoms with Crippen molar-refractivity contribution in [1.82, 2.24) is 20.4 Å². The highest BCUT2D eigenvalue weighted by atomic mass is 127. The maximum Gasteiger partial charge on any atom is 0.289 e. The van der Waals surface area contributed by atoms with Crippen molar-refractivity contribution in [3.63, 3.8) is 0 Å². The standard InChI is InChI=1S/C23H31N5O3.HI/c1-3-10-25-21(29)19-8-5-7-18(16-19)17-26-23(24-4-2)28-13-11-27(12-14-28)22(30)20-9-6-15-31-20;/h5-9,15-16H,3-4,10-14,17H2,1-2H3,(H,24,26)(H,25,29);1H. The fourth-order valence-electron chi connectivity index (χ4n) is 3.42. The van der Waals surface area contributed by atoms with Gasteiger partial charge in [-0.15, -0.1) is 24.0 Å². The highest BCUT2D eigenvalue weighted by Gasteiger charge is 2.25. The number of hydrogen-bond acceptors (Lipinski definition) is 4. The molecule has 0 unspecified atom stereocenters. The molecule has 3 rings (SSSR count). The van der Waals surface area contributed by atoms with E-state index in [2.05, 4.69) is 15.5 Å². The minimum Gasteiger partial charge on any atom is -0.459 e. The van der Waals surface area contributed by atoms with E-state index >= 15 is 0 Å². The van der Waals surface area contributed by atoms with Gasteiger partial charge in [0.1, 0.15) is 0 Å². The first kappa shape index (κ1) is 25.7. The zero-order valence-electron chi connectivity index (χ0n) is 18.7. The molecular formula is C23H32IN5O3. The lowest BCUT2D eigenvalue weighted by molar-refractivity contribution is 0.0657. The lowest BCUT2D eigenvalue weighted by Gasteiger charge is -2.36. The normalized spacial score (nSPS) is 14.0. The molecule has 0 saturated carbocycles. The summed E-state index contributed by atoms with van der Waals surface area (Å²) in [5.41, 5.74) is 1.63. The van der Waals surface area contributed by atoms with E-state index in [1.165, 1.54) is 6.26 Å². The molecule has 1 fully saturated rings. The molecule has 1 aliphatic rings. The van der Waals surface area contributed by atoms with E-state index in [9.17, 15) is 9.59 Å². The minimum absolute atomic E-state index is 0. The van der Waals surface area contributed by atoms with Crippen LogP contribution in [0.1, 0.15) is 46.7 Å². The Morgan fingerprint density at radius 2 is 1.78 bits per heavy atom. The van der Waals surface area contributed by atoms with Crippen molar-refractivity contribution in [1.29, 1.82) is 0 Å². The monoisotopic (exact) mass is 553 g/mol. The Bertz CT molecular complexity index is 893. The van der Waals surface area contributed by atoms with Crippen molar-refractivity contribution in [2.24, 2.45) is 4.99 Å². The average molecular weight is 553 g/mol. The van der Waals surface area contributed by atoms with Crippen LogP contribution in [0.2, 0.25) is 0 Å². The highest BCUT2D eigenvalue weighted by Crippen LogP contribution is 2.11. The third-order valence-electron chi connectivity index (χ3n) is 5.07. The molecule has 2 aromatic rings. The first-order valence-electron chi connectivity index (χ1n) is 10.9. The van der Waals surface area contributed by atoms with Crippen molar-refractivity contribution in [2.75, 3.05) is 39.3 Å². The largest absolute Gasteiger partial charge is 0.459 e. The van der Waals surface area contributed by atoms with Crippen LogP contribution in [0, 0.1) is 0 Å². The van der Waals surface area contributed by atoms with E-state index in [0.29, 0.717) is 50.6 Å². The van der Waals surface area contributed by atoms with Gasteiger partial charge in [-0.2, -0.15) is 0 Å². The van der Waals surface area contributed by atoms with Crippen LogP contribution < -0.4 is 10.6 Å². The molecular weight excluding hydrogens is 521 g/mol. The van der Waals surface area contributed by atoms with Gasteiger partial charge in [0.05, 0.1) is 12.8 Å². The van der Waals surface area contributed by atoms with Gasteiger partial charge >= 0.3 is 0 Å². The zero-order chi connectivity index (χ0) is 22.1. The van der Waals surface area contributed by atoms with E-state index in [0.717, 1.165) is 24.5 Å². The lowest BCUT2D eigenvalue weighted by Crippen LogP contribution is -2.53. The molecule has 0 radical (unpaired) electrons. The van der Waals surface area contributed by atoms with Crippen LogP contribution in [0.3, 0.4) is 0 Å². The van der Waals surface area contributed by atoms with E-state index in [4.69, 9.17) is 9.41 Å². The number of aliphatic imine (C=N–C) groups is 1. The smallest absolute Gasteiger partial charge is 0.289 e. The van der Waals surface area contributed by atoms with Crippen LogP contribution in [-0.4, -0.2) is 66.8 Å². The molecule has 2 N–H and O–H groups in total. The summed E-state index contributed by atoms with van der Waals surface area (Å²) in [6.45, 7) is 8.56. The molecule has 0 spiro atoms. The lowest BCUT2D eigenvalue weighted by atomic mass is 10.1. The van der Waals surface area contributed by atoms with Crippen LogP contribution >= 0.6 is 24.0 Å². The second-order valence-corrected chi connectivity index (χ2v) is 7.38. The Morgan fingerprint density at radius 3 is 2.44 bits per heavy atom. The molecule has 0 aliphatic carbocycles. The summed E-state index contributed by atoms with van der Waals surface area (Å²) >= 11 is 0. The Kier molecular flexibility index (Phi) is 10.5. The maximum absolute atomic E-state index is 12.5. The van der Waals surface area contributed by atoms with Gasteiger partial charge in [0, 0.05) is 44.8 Å². The maximum atomic E-state index is 12.5. The molecule has 1 aromatic carbocycles. The van der Waals surface area contributed by atoms with E-state index in [1.54, 1.807) is 17.0 Å². The van der Waals surface area contributed by atoms with Crippen LogP contribution in [0.15, 0.2) is 52.1 Å². The SMILES string of the molecule is CCCNC(=O)c1cccc(CN=C(NCC)N2CCN(C(=O)c3ccco3)CC2)c1.I. The molecule has 32 heavy (non-hydrogen) atoms. The number of carbonyl (C=O) groups is 2. The number of rotatable bonds is 7. The summed E-state index contributed by atoms with van der Waals surface area (Å²) in [7, 11) is 0. The molecule has 0 bridgehead atoms. The summed E-state index contributed by atoms with van der Waals surface area (Å²) in [5.74, 6) is 1.05. The van der Waals surface area contributed by atoms with Crippen LogP contribution in [0.4, 0.5) is 0 Å². The van der Waals surface area contributed by atoms with Crippen molar-refractivity contribution < 1.29 is 14.0 Å². The minimum atomic E-state index is -0.0789. The van der Waals surface area contributed by atoms with Gasteiger partial charge in [-0.3, -0.25) is 9.59 Å². The molecule has 1 saturated heterocycles. The van der Waals surface area contributed by atoms with Gasteiger partial charge in [0.2, 0.25) is 0 Å². The third kappa shape index (κ3) is 6.98. The predicted octanol–water partition coefficient (Wildman–Crippen LogP) is 2.96. The molecule has 0 atom stereocenters. The number of amides is 2. The Hall–Kier alpha value is -2.56. The number of hydrogen-bond donors (Lipinski definition) is 2. The third-order valence-corrected chi connectivity index (χ3v) is 5.07. The zero-order valence-corrected chi connectivity index (χ0v) is 21.0. The number of piperazine rings is 1. The quantitative estimate of drug-likeness (QED) is 0.313. The molecule has 1 aliphatic heterocycles. The molecule has 9 heteroatoms. The highest BCUT2D eigenvalue weighted by molar-refractivity contribution is 14.0. The van der Waals surface area contributed by atoms with Crippen LogP contribution in [-0.2, 0) is 6.54 Å². The molecule has 8 nitrogen and oxygen atoms in total. The number of benzene rings is 1. The fraction of sp³-hybridized carbons (Fsp3) is 0.435. The van der Waals surface area contributed by atoms with Crippen molar-refractivity contribution in [2.45, 2.75) is 26.8 Å². The van der Waals surface area contributed by atoms with E-state index in [-0.39, 0.29) is 35.8 Å². The number of guanidine groups is 1. The van der Waals surface area contributed by atoms with E-state index < -0.39 is 0 Å². The van der Waals surface area contributed by atoms with Gasteiger partial charge in [0.15, 0.2) is 11.7 Å². The Labute approximate surface area is 206 Å². The van der Waals surface area contributed by atoms with Crippen LogP contribution in [0.25, 0.3) is 0 Å². The second-order valence-electron chi connectivity index (χ2n) is 7.38. The summed E-state index contributed by atoms with van der Waals surface area (Å²) in [4.78, 5) is 33.4. The second kappa shape index (κ2) is 13.1.